The molecule has 284 valence electrons. The zero-order valence-electron chi connectivity index (χ0n) is 28.2. The first-order valence-electron chi connectivity index (χ1n) is 14.9. The van der Waals surface area contributed by atoms with E-state index in [9.17, 15) is 48.3 Å². The number of carbonyl (C=O) groups excluding carboxylic acids is 1. The number of hydrogen-bond acceptors (Lipinski definition) is 16. The maximum absolute atomic E-state index is 12.6. The number of oxime groups is 1. The highest BCUT2D eigenvalue weighted by Gasteiger charge is 2.50. The number of nitrogens with zero attached hydrogens (tertiary/aromatic N) is 5. The highest BCUT2D eigenvalue weighted by atomic mass is 31.3. The van der Waals surface area contributed by atoms with E-state index in [1.807, 2.05) is 20.8 Å². The highest BCUT2D eigenvalue weighted by molar-refractivity contribution is 7.61. The summed E-state index contributed by atoms with van der Waals surface area (Å²) in [6, 6.07) is 0. The van der Waals surface area contributed by atoms with Gasteiger partial charge < -0.3 is 44.7 Å². The van der Waals surface area contributed by atoms with Crippen LogP contribution in [-0.2, 0) is 45.9 Å². The number of carbonyl (C=O) groups is 1. The normalized spacial score (nSPS) is 23.7. The van der Waals surface area contributed by atoms with Crippen LogP contribution in [0.1, 0.15) is 59.9 Å². The van der Waals surface area contributed by atoms with Crippen LogP contribution in [0.15, 0.2) is 17.8 Å². The summed E-state index contributed by atoms with van der Waals surface area (Å²) in [5.74, 6) is -0.844. The topological polar surface area (TPSA) is 313 Å². The number of phosphoric ester groups is 3. The van der Waals surface area contributed by atoms with Crippen molar-refractivity contribution < 1.29 is 75.7 Å². The van der Waals surface area contributed by atoms with Crippen LogP contribution in [0, 0.1) is 12.3 Å². The molecule has 0 saturated carbocycles. The summed E-state index contributed by atoms with van der Waals surface area (Å²) in [5.41, 5.74) is -0.498. The molecule has 0 spiro atoms. The Morgan fingerprint density at radius 1 is 1.08 bits per heavy atom. The third kappa shape index (κ3) is 12.2. The summed E-state index contributed by atoms with van der Waals surface area (Å²) in [4.78, 5) is 69.1. The average Bonchev–Trinajstić information content (AvgIpc) is 3.53. The van der Waals surface area contributed by atoms with Gasteiger partial charge in [-0.1, -0.05) is 19.0 Å². The van der Waals surface area contributed by atoms with E-state index < -0.39 is 84.2 Å². The number of aliphatic hydroxyl groups is 2. The molecule has 1 fully saturated rings. The van der Waals surface area contributed by atoms with Crippen LogP contribution in [-0.4, -0.2) is 111 Å². The molecule has 2 aromatic heterocycles. The molecule has 0 aliphatic carbocycles. The summed E-state index contributed by atoms with van der Waals surface area (Å²) in [6.07, 6.45) is -5.85. The van der Waals surface area contributed by atoms with Crippen LogP contribution in [0.2, 0.25) is 0 Å². The van der Waals surface area contributed by atoms with Gasteiger partial charge in [0, 0.05) is 18.4 Å². The van der Waals surface area contributed by atoms with Crippen molar-refractivity contribution in [1.82, 2.24) is 24.8 Å². The van der Waals surface area contributed by atoms with Gasteiger partial charge in [0.05, 0.1) is 30.9 Å². The summed E-state index contributed by atoms with van der Waals surface area (Å²) in [6.45, 7) is 9.57. The second kappa shape index (κ2) is 16.2. The number of imidazole rings is 1. The minimum Gasteiger partial charge on any atom is -0.390 e. The van der Waals surface area contributed by atoms with Crippen LogP contribution in [0.4, 0.5) is 0 Å². The first-order valence-corrected chi connectivity index (χ1v) is 19.4. The van der Waals surface area contributed by atoms with E-state index in [0.717, 1.165) is 0 Å². The van der Waals surface area contributed by atoms with E-state index in [1.165, 1.54) is 31.1 Å². The molecule has 1 aliphatic rings. The van der Waals surface area contributed by atoms with E-state index in [0.29, 0.717) is 23.3 Å². The largest absolute Gasteiger partial charge is 0.481 e. The van der Waals surface area contributed by atoms with Crippen LogP contribution in [0.3, 0.4) is 0 Å². The van der Waals surface area contributed by atoms with Gasteiger partial charge in [-0.15, -0.1) is 0 Å². The van der Waals surface area contributed by atoms with Gasteiger partial charge in [0.2, 0.25) is 5.91 Å². The number of hydrogen-bond donors (Lipinski definition) is 7. The Morgan fingerprint density at radius 3 is 2.34 bits per heavy atom. The van der Waals surface area contributed by atoms with Crippen LogP contribution < -0.4 is 5.32 Å². The van der Waals surface area contributed by atoms with Crippen LogP contribution in [0.5, 0.6) is 0 Å². The standard InChI is InChI=1S/C25H43N6O16P3/c1-14(30-46-24(3,4)5)8-9-26-22(34)20(33)25(6,7)11-43-50(40,41)47-49(38,39)42-10-16-19(45-48(35,36)37)18(32)23(44-16)31-13-29-17-15(2)27-12-28-21(17)31/h12-13,16,18-20,23,32-33H,8-11H2,1-7H3,(H,26,34)(H,38,39)(H,40,41)(H2,35,36,37)/b30-14+/t16?,18?,19?,20-,23?/m0/s1. The Bertz CT molecular complexity index is 1680. The zero-order valence-corrected chi connectivity index (χ0v) is 30.9. The lowest BCUT2D eigenvalue weighted by molar-refractivity contribution is -0.136. The summed E-state index contributed by atoms with van der Waals surface area (Å²) >= 11 is 0. The third-order valence-corrected chi connectivity index (χ3v) is 9.94. The molecule has 50 heavy (non-hydrogen) atoms. The summed E-state index contributed by atoms with van der Waals surface area (Å²) < 4.78 is 62.3. The Morgan fingerprint density at radius 2 is 1.72 bits per heavy atom. The predicted octanol–water partition coefficient (Wildman–Crippen LogP) is 1.21. The maximum Gasteiger partial charge on any atom is 0.481 e. The molecular formula is C25H43N6O16P3. The van der Waals surface area contributed by atoms with Gasteiger partial charge in [-0.3, -0.25) is 22.9 Å². The monoisotopic (exact) mass is 776 g/mol. The molecular weight excluding hydrogens is 733 g/mol. The number of aliphatic hydroxyl groups excluding tert-OH is 2. The SMILES string of the molecule is C/C(CCNC(=O)[C@H](O)C(C)(C)COP(=O)(O)OP(=O)(O)OCC1OC(n2cnc3c(C)ncnc32)C(O)C1OP(=O)(O)O)=N\OC(C)(C)C. The van der Waals surface area contributed by atoms with Crippen molar-refractivity contribution in [3.8, 4) is 0 Å². The van der Waals surface area contributed by atoms with Gasteiger partial charge in [0.1, 0.15) is 41.9 Å². The van der Waals surface area contributed by atoms with Crippen molar-refractivity contribution in [1.29, 1.82) is 0 Å². The van der Waals surface area contributed by atoms with E-state index in [1.54, 1.807) is 13.8 Å². The molecule has 1 saturated heterocycles. The first-order chi connectivity index (χ1) is 22.8. The van der Waals surface area contributed by atoms with E-state index >= 15 is 0 Å². The minimum atomic E-state index is -5.51. The molecule has 0 radical (unpaired) electrons. The highest BCUT2D eigenvalue weighted by Crippen LogP contribution is 2.61. The van der Waals surface area contributed by atoms with E-state index in [-0.39, 0.29) is 12.2 Å². The Hall–Kier alpha value is -2.26. The number of rotatable bonds is 17. The van der Waals surface area contributed by atoms with E-state index in [2.05, 4.69) is 34.3 Å². The Balaban J connectivity index is 1.59. The second-order valence-electron chi connectivity index (χ2n) is 12.9. The van der Waals surface area contributed by atoms with Crippen molar-refractivity contribution in [3.05, 3.63) is 18.3 Å². The summed E-state index contributed by atoms with van der Waals surface area (Å²) in [5, 5.41) is 27.9. The Kier molecular flexibility index (Phi) is 13.6. The number of aromatic nitrogens is 4. The molecule has 22 nitrogen and oxygen atoms in total. The average molecular weight is 777 g/mol. The van der Waals surface area contributed by atoms with Crippen LogP contribution in [0.25, 0.3) is 11.2 Å². The fourth-order valence-electron chi connectivity index (χ4n) is 4.28. The first kappa shape index (κ1) is 42.2. The van der Waals surface area contributed by atoms with Gasteiger partial charge in [-0.05, 0) is 34.6 Å². The maximum atomic E-state index is 12.6. The smallest absolute Gasteiger partial charge is 0.390 e. The number of amides is 1. The molecule has 1 aliphatic heterocycles. The minimum absolute atomic E-state index is 0.0811. The molecule has 0 aromatic carbocycles. The molecule has 25 heteroatoms. The fraction of sp³-hybridized carbons (Fsp3) is 0.720. The molecule has 7 N–H and O–H groups in total. The quantitative estimate of drug-likeness (QED) is 0.0674. The number of phosphoric acid groups is 3. The summed E-state index contributed by atoms with van der Waals surface area (Å²) in [7, 11) is -16.2. The molecule has 1 amide bonds. The van der Waals surface area contributed by atoms with Crippen molar-refractivity contribution in [2.45, 2.75) is 91.1 Å². The van der Waals surface area contributed by atoms with Gasteiger partial charge in [-0.2, -0.15) is 4.31 Å². The van der Waals surface area contributed by atoms with Crippen molar-refractivity contribution >= 4 is 46.3 Å². The number of ether oxygens (including phenoxy) is 1. The van der Waals surface area contributed by atoms with Gasteiger partial charge >= 0.3 is 23.5 Å². The molecule has 6 unspecified atom stereocenters. The fourth-order valence-corrected chi connectivity index (χ4v) is 7.11. The molecule has 7 atom stereocenters. The lowest BCUT2D eigenvalue weighted by Crippen LogP contribution is -2.46. The second-order valence-corrected chi connectivity index (χ2v) is 17.2. The third-order valence-electron chi connectivity index (χ3n) is 6.84. The molecule has 2 aromatic rings. The van der Waals surface area contributed by atoms with Crippen molar-refractivity contribution in [3.63, 3.8) is 0 Å². The van der Waals surface area contributed by atoms with Gasteiger partial charge in [0.25, 0.3) is 0 Å². The van der Waals surface area contributed by atoms with E-state index in [4.69, 9.17) is 18.6 Å². The molecule has 0 bridgehead atoms. The zero-order chi connectivity index (χ0) is 37.9. The van der Waals surface area contributed by atoms with Gasteiger partial charge in [0.15, 0.2) is 11.9 Å². The number of nitrogens with one attached hydrogen (secondary N) is 1. The lowest BCUT2D eigenvalue weighted by Gasteiger charge is -2.30. The van der Waals surface area contributed by atoms with Gasteiger partial charge in [-0.25, -0.2) is 28.6 Å². The molecule has 3 rings (SSSR count). The van der Waals surface area contributed by atoms with Crippen molar-refractivity contribution in [2.24, 2.45) is 10.6 Å². The number of aryl methyl sites for hydroxylation is 1. The Labute approximate surface area is 286 Å². The number of fused-ring (bicyclic) bond motifs is 1. The predicted molar refractivity (Wildman–Crippen MR) is 171 cm³/mol. The van der Waals surface area contributed by atoms with Crippen LogP contribution >= 0.6 is 23.5 Å². The lowest BCUT2D eigenvalue weighted by atomic mass is 9.87. The molecule has 3 heterocycles. The van der Waals surface area contributed by atoms with Crippen molar-refractivity contribution in [2.75, 3.05) is 19.8 Å².